The van der Waals surface area contributed by atoms with Crippen LogP contribution in [0.15, 0.2) is 12.7 Å². The van der Waals surface area contributed by atoms with Gasteiger partial charge in [0, 0.05) is 6.42 Å². The molecule has 1 aliphatic heterocycles. The van der Waals surface area contributed by atoms with E-state index < -0.39 is 0 Å². The third kappa shape index (κ3) is 2.43. The fourth-order valence-corrected chi connectivity index (χ4v) is 2.38. The quantitative estimate of drug-likeness (QED) is 0.780. The van der Waals surface area contributed by atoms with Crippen molar-refractivity contribution in [1.82, 2.24) is 10.3 Å². The lowest BCUT2D eigenvalue weighted by atomic mass is 10.2. The second-order valence-electron chi connectivity index (χ2n) is 3.20. The summed E-state index contributed by atoms with van der Waals surface area (Å²) in [6, 6.07) is 0. The Morgan fingerprint density at radius 3 is 3.33 bits per heavy atom. The summed E-state index contributed by atoms with van der Waals surface area (Å²) in [6.07, 6.45) is 2.14. The van der Waals surface area contributed by atoms with E-state index in [0.29, 0.717) is 13.2 Å². The number of aromatic nitrogens is 1. The molecule has 0 saturated heterocycles. The first-order valence-electron chi connectivity index (χ1n) is 4.75. The maximum Gasteiger partial charge on any atom is 0.243 e. The van der Waals surface area contributed by atoms with Crippen molar-refractivity contribution in [2.24, 2.45) is 0 Å². The molecule has 5 heteroatoms. The molecule has 0 saturated carbocycles. The number of hydrogen-bond donors (Lipinski definition) is 1. The van der Waals surface area contributed by atoms with E-state index in [1.54, 1.807) is 11.3 Å². The van der Waals surface area contributed by atoms with Gasteiger partial charge in [0.15, 0.2) is 0 Å². The van der Waals surface area contributed by atoms with E-state index in [2.05, 4.69) is 16.9 Å². The number of carbonyl (C=O) groups excluding carboxylic acids is 1. The number of ether oxygens (including phenoxy) is 1. The SMILES string of the molecule is C=CC(=O)NCc1nc2c(s1)COCC2. The van der Waals surface area contributed by atoms with E-state index in [0.717, 1.165) is 23.7 Å². The number of nitrogens with zero attached hydrogens (tertiary/aromatic N) is 1. The van der Waals surface area contributed by atoms with Crippen molar-refractivity contribution in [1.29, 1.82) is 0 Å². The summed E-state index contributed by atoms with van der Waals surface area (Å²) in [5, 5.41) is 3.64. The van der Waals surface area contributed by atoms with Crippen LogP contribution in [-0.4, -0.2) is 17.5 Å². The second kappa shape index (κ2) is 4.55. The number of carbonyl (C=O) groups is 1. The molecule has 1 aromatic heterocycles. The Balaban J connectivity index is 2.00. The van der Waals surface area contributed by atoms with Crippen LogP contribution in [0.25, 0.3) is 0 Å². The summed E-state index contributed by atoms with van der Waals surface area (Å²) in [4.78, 5) is 16.6. The lowest BCUT2D eigenvalue weighted by Crippen LogP contribution is -2.19. The molecule has 80 valence electrons. The highest BCUT2D eigenvalue weighted by Gasteiger charge is 2.15. The van der Waals surface area contributed by atoms with Gasteiger partial charge in [-0.2, -0.15) is 0 Å². The van der Waals surface area contributed by atoms with Crippen molar-refractivity contribution < 1.29 is 9.53 Å². The lowest BCUT2D eigenvalue weighted by molar-refractivity contribution is -0.116. The van der Waals surface area contributed by atoms with E-state index >= 15 is 0 Å². The summed E-state index contributed by atoms with van der Waals surface area (Å²) in [5.74, 6) is -0.167. The van der Waals surface area contributed by atoms with Gasteiger partial charge >= 0.3 is 0 Å². The van der Waals surface area contributed by atoms with Gasteiger partial charge in [-0.1, -0.05) is 6.58 Å². The van der Waals surface area contributed by atoms with Crippen LogP contribution in [0, 0.1) is 0 Å². The van der Waals surface area contributed by atoms with Crippen LogP contribution in [-0.2, 0) is 29.1 Å². The van der Waals surface area contributed by atoms with E-state index in [9.17, 15) is 4.79 Å². The lowest BCUT2D eigenvalue weighted by Gasteiger charge is -2.08. The third-order valence-corrected chi connectivity index (χ3v) is 3.21. The molecule has 0 bridgehead atoms. The highest BCUT2D eigenvalue weighted by molar-refractivity contribution is 7.11. The second-order valence-corrected chi connectivity index (χ2v) is 4.37. The van der Waals surface area contributed by atoms with Crippen molar-refractivity contribution in [3.05, 3.63) is 28.2 Å². The minimum atomic E-state index is -0.167. The van der Waals surface area contributed by atoms with Crippen LogP contribution >= 0.6 is 11.3 Å². The highest BCUT2D eigenvalue weighted by atomic mass is 32.1. The number of amides is 1. The van der Waals surface area contributed by atoms with E-state index in [1.807, 2.05) is 0 Å². The molecule has 0 aliphatic carbocycles. The topological polar surface area (TPSA) is 51.2 Å². The van der Waals surface area contributed by atoms with Crippen LogP contribution in [0.4, 0.5) is 0 Å². The number of thiazole rings is 1. The normalized spacial score (nSPS) is 14.4. The van der Waals surface area contributed by atoms with Gasteiger partial charge in [0.05, 0.1) is 30.3 Å². The van der Waals surface area contributed by atoms with Gasteiger partial charge in [-0.25, -0.2) is 4.98 Å². The first kappa shape index (κ1) is 10.3. The van der Waals surface area contributed by atoms with Crippen LogP contribution in [0.2, 0.25) is 0 Å². The van der Waals surface area contributed by atoms with Gasteiger partial charge in [0.2, 0.25) is 5.91 Å². The largest absolute Gasteiger partial charge is 0.375 e. The van der Waals surface area contributed by atoms with Gasteiger partial charge in [-0.05, 0) is 6.08 Å². The van der Waals surface area contributed by atoms with Crippen molar-refractivity contribution in [3.63, 3.8) is 0 Å². The third-order valence-electron chi connectivity index (χ3n) is 2.14. The molecule has 1 N–H and O–H groups in total. The minimum Gasteiger partial charge on any atom is -0.375 e. The van der Waals surface area contributed by atoms with Crippen LogP contribution in [0.3, 0.4) is 0 Å². The van der Waals surface area contributed by atoms with Crippen LogP contribution in [0.1, 0.15) is 15.6 Å². The highest BCUT2D eigenvalue weighted by Crippen LogP contribution is 2.23. The molecule has 2 rings (SSSR count). The average molecular weight is 224 g/mol. The predicted molar refractivity (Wildman–Crippen MR) is 57.5 cm³/mol. The molecule has 0 aromatic carbocycles. The minimum absolute atomic E-state index is 0.167. The zero-order chi connectivity index (χ0) is 10.7. The summed E-state index contributed by atoms with van der Waals surface area (Å²) in [6.45, 7) is 5.26. The van der Waals surface area contributed by atoms with Gasteiger partial charge in [-0.15, -0.1) is 11.3 Å². The number of fused-ring (bicyclic) bond motifs is 1. The van der Waals surface area contributed by atoms with Gasteiger partial charge in [0.25, 0.3) is 0 Å². The molecule has 2 heterocycles. The monoisotopic (exact) mass is 224 g/mol. The molecule has 4 nitrogen and oxygen atoms in total. The van der Waals surface area contributed by atoms with Crippen LogP contribution < -0.4 is 5.32 Å². The fourth-order valence-electron chi connectivity index (χ4n) is 1.39. The average Bonchev–Trinajstić information content (AvgIpc) is 2.68. The summed E-state index contributed by atoms with van der Waals surface area (Å²) in [7, 11) is 0. The Hall–Kier alpha value is -1.20. The van der Waals surface area contributed by atoms with E-state index in [-0.39, 0.29) is 5.91 Å². The van der Waals surface area contributed by atoms with Crippen molar-refractivity contribution >= 4 is 17.2 Å². The standard InChI is InChI=1S/C10H12N2O2S/c1-2-9(13)11-5-10-12-7-3-4-14-6-8(7)15-10/h2H,1,3-6H2,(H,11,13). The molecule has 0 atom stereocenters. The Labute approximate surface area is 92.0 Å². The Morgan fingerprint density at radius 2 is 2.60 bits per heavy atom. The molecule has 1 amide bonds. The summed E-state index contributed by atoms with van der Waals surface area (Å²) < 4.78 is 5.32. The summed E-state index contributed by atoms with van der Waals surface area (Å²) in [5.41, 5.74) is 1.12. The zero-order valence-corrected chi connectivity index (χ0v) is 9.10. The van der Waals surface area contributed by atoms with Gasteiger partial charge in [-0.3, -0.25) is 4.79 Å². The Morgan fingerprint density at radius 1 is 1.73 bits per heavy atom. The molecule has 1 aliphatic rings. The molecule has 0 unspecified atom stereocenters. The van der Waals surface area contributed by atoms with Crippen molar-refractivity contribution in [2.45, 2.75) is 19.6 Å². The molecule has 0 radical (unpaired) electrons. The number of rotatable bonds is 3. The summed E-state index contributed by atoms with van der Waals surface area (Å²) >= 11 is 1.60. The van der Waals surface area contributed by atoms with Gasteiger partial charge in [0.1, 0.15) is 5.01 Å². The van der Waals surface area contributed by atoms with Crippen molar-refractivity contribution in [2.75, 3.05) is 6.61 Å². The van der Waals surface area contributed by atoms with E-state index in [1.165, 1.54) is 11.0 Å². The fraction of sp³-hybridized carbons (Fsp3) is 0.400. The maximum absolute atomic E-state index is 11.0. The zero-order valence-electron chi connectivity index (χ0n) is 8.28. The maximum atomic E-state index is 11.0. The number of nitrogens with one attached hydrogen (secondary N) is 1. The molecular formula is C10H12N2O2S. The molecule has 0 fully saturated rings. The first-order chi connectivity index (χ1) is 7.29. The predicted octanol–water partition coefficient (Wildman–Crippen LogP) is 1.02. The molecular weight excluding hydrogens is 212 g/mol. The van der Waals surface area contributed by atoms with Crippen molar-refractivity contribution in [3.8, 4) is 0 Å². The number of hydrogen-bond acceptors (Lipinski definition) is 4. The Kier molecular flexibility index (Phi) is 3.13. The van der Waals surface area contributed by atoms with Gasteiger partial charge < -0.3 is 10.1 Å². The molecule has 15 heavy (non-hydrogen) atoms. The van der Waals surface area contributed by atoms with E-state index in [4.69, 9.17) is 4.74 Å². The smallest absolute Gasteiger partial charge is 0.243 e. The Bertz CT molecular complexity index is 363. The first-order valence-corrected chi connectivity index (χ1v) is 5.56. The molecule has 1 aromatic rings. The van der Waals surface area contributed by atoms with Crippen LogP contribution in [0.5, 0.6) is 0 Å². The molecule has 0 spiro atoms.